The maximum Gasteiger partial charge on any atom is 0.216 e. The molecule has 0 radical (unpaired) electrons. The van der Waals surface area contributed by atoms with Crippen molar-refractivity contribution in [3.05, 3.63) is 52.0 Å². The molecule has 1 aromatic heterocycles. The summed E-state index contributed by atoms with van der Waals surface area (Å²) in [4.78, 5) is 4.35. The molecule has 1 aromatic carbocycles. The Morgan fingerprint density at radius 3 is 2.90 bits per heavy atom. The Balaban J connectivity index is 2.10. The summed E-state index contributed by atoms with van der Waals surface area (Å²) in [7, 11) is -3.47. The highest BCUT2D eigenvalue weighted by Gasteiger charge is 2.18. The van der Waals surface area contributed by atoms with E-state index in [9.17, 15) is 8.42 Å². The first kappa shape index (κ1) is 16.0. The van der Waals surface area contributed by atoms with Crippen molar-refractivity contribution in [2.75, 3.05) is 0 Å². The first-order valence-corrected chi connectivity index (χ1v) is 9.09. The van der Waals surface area contributed by atoms with Gasteiger partial charge in [0.2, 0.25) is 10.0 Å². The smallest absolute Gasteiger partial charge is 0.216 e. The molecule has 0 fully saturated rings. The van der Waals surface area contributed by atoms with Crippen molar-refractivity contribution < 1.29 is 8.42 Å². The highest BCUT2D eigenvalue weighted by Crippen LogP contribution is 2.17. The summed E-state index contributed by atoms with van der Waals surface area (Å²) in [6, 6.07) is 6.56. The largest absolute Gasteiger partial charge is 0.389 e. The first-order valence-electron chi connectivity index (χ1n) is 6.15. The van der Waals surface area contributed by atoms with E-state index in [-0.39, 0.29) is 16.8 Å². The molecule has 2 aromatic rings. The van der Waals surface area contributed by atoms with Crippen molar-refractivity contribution in [3.8, 4) is 0 Å². The number of thiocarbonyl (C=S) groups is 1. The summed E-state index contributed by atoms with van der Waals surface area (Å²) >= 11 is 6.31. The SMILES string of the molecule is CC(NS(=O)(=O)Cc1cccc(C(N)=S)c1)c1nccs1. The van der Waals surface area contributed by atoms with Gasteiger partial charge in [-0.25, -0.2) is 18.1 Å². The number of rotatable bonds is 6. The molecule has 1 unspecified atom stereocenters. The van der Waals surface area contributed by atoms with E-state index < -0.39 is 10.0 Å². The lowest BCUT2D eigenvalue weighted by Crippen LogP contribution is -2.28. The Hall–Kier alpha value is -1.35. The molecule has 21 heavy (non-hydrogen) atoms. The molecule has 0 saturated heterocycles. The third-order valence-corrected chi connectivity index (χ3v) is 5.37. The third-order valence-electron chi connectivity index (χ3n) is 2.75. The average molecular weight is 341 g/mol. The van der Waals surface area contributed by atoms with E-state index in [1.165, 1.54) is 11.3 Å². The Labute approximate surface area is 133 Å². The maximum absolute atomic E-state index is 12.2. The topological polar surface area (TPSA) is 85.1 Å². The molecule has 0 amide bonds. The summed E-state index contributed by atoms with van der Waals surface area (Å²) in [5.41, 5.74) is 6.85. The van der Waals surface area contributed by atoms with E-state index in [4.69, 9.17) is 18.0 Å². The number of nitrogens with one attached hydrogen (secondary N) is 1. The van der Waals surface area contributed by atoms with Gasteiger partial charge >= 0.3 is 0 Å². The van der Waals surface area contributed by atoms with Crippen molar-refractivity contribution in [3.63, 3.8) is 0 Å². The minimum Gasteiger partial charge on any atom is -0.389 e. The summed E-state index contributed by atoms with van der Waals surface area (Å²) in [6.07, 6.45) is 1.65. The van der Waals surface area contributed by atoms with E-state index in [0.29, 0.717) is 11.1 Å². The molecule has 1 heterocycles. The highest BCUT2D eigenvalue weighted by atomic mass is 32.2. The lowest BCUT2D eigenvalue weighted by molar-refractivity contribution is 0.565. The summed E-state index contributed by atoms with van der Waals surface area (Å²) in [5.74, 6) is -0.126. The Bertz CT molecular complexity index is 727. The number of aromatic nitrogens is 1. The van der Waals surface area contributed by atoms with Crippen LogP contribution in [0.25, 0.3) is 0 Å². The van der Waals surface area contributed by atoms with E-state index in [1.54, 1.807) is 37.4 Å². The maximum atomic E-state index is 12.2. The molecule has 8 heteroatoms. The Morgan fingerprint density at radius 1 is 1.52 bits per heavy atom. The van der Waals surface area contributed by atoms with Gasteiger partial charge in [-0.3, -0.25) is 0 Å². The van der Waals surface area contributed by atoms with E-state index >= 15 is 0 Å². The van der Waals surface area contributed by atoms with Crippen molar-refractivity contribution in [1.29, 1.82) is 0 Å². The van der Waals surface area contributed by atoms with Gasteiger partial charge in [0.15, 0.2) is 0 Å². The molecule has 0 bridgehead atoms. The lowest BCUT2D eigenvalue weighted by atomic mass is 10.1. The minimum atomic E-state index is -3.47. The van der Waals surface area contributed by atoms with Crippen LogP contribution >= 0.6 is 23.6 Å². The van der Waals surface area contributed by atoms with Crippen molar-refractivity contribution in [2.24, 2.45) is 5.73 Å². The van der Waals surface area contributed by atoms with Crippen LogP contribution < -0.4 is 10.5 Å². The molecule has 0 aliphatic carbocycles. The fourth-order valence-electron chi connectivity index (χ4n) is 1.84. The normalized spacial score (nSPS) is 13.0. The summed E-state index contributed by atoms with van der Waals surface area (Å²) in [5, 5.41) is 2.54. The molecule has 3 N–H and O–H groups in total. The van der Waals surface area contributed by atoms with Crippen LogP contribution in [0, 0.1) is 0 Å². The molecule has 1 atom stereocenters. The zero-order valence-corrected chi connectivity index (χ0v) is 13.8. The van der Waals surface area contributed by atoms with Crippen LogP contribution in [0.5, 0.6) is 0 Å². The fourth-order valence-corrected chi connectivity index (χ4v) is 4.04. The molecule has 0 spiro atoms. The molecule has 0 aliphatic rings. The van der Waals surface area contributed by atoms with Crippen LogP contribution in [0.2, 0.25) is 0 Å². The minimum absolute atomic E-state index is 0.126. The zero-order chi connectivity index (χ0) is 15.5. The molecular weight excluding hydrogens is 326 g/mol. The fraction of sp³-hybridized carbons (Fsp3) is 0.231. The highest BCUT2D eigenvalue weighted by molar-refractivity contribution is 7.88. The second-order valence-electron chi connectivity index (χ2n) is 4.53. The molecule has 112 valence electrons. The van der Waals surface area contributed by atoms with Gasteiger partial charge in [-0.05, 0) is 18.6 Å². The van der Waals surface area contributed by atoms with Crippen LogP contribution in [0.1, 0.15) is 29.1 Å². The van der Waals surface area contributed by atoms with Crippen LogP contribution in [-0.2, 0) is 15.8 Å². The predicted octanol–water partition coefficient (Wildman–Crippen LogP) is 1.96. The van der Waals surface area contributed by atoms with Crippen molar-refractivity contribution >= 4 is 38.6 Å². The van der Waals surface area contributed by atoms with Gasteiger partial charge in [0.05, 0.1) is 11.8 Å². The summed E-state index contributed by atoms with van der Waals surface area (Å²) < 4.78 is 27.0. The molecular formula is C13H15N3O2S3. The standard InChI is InChI=1S/C13H15N3O2S3/c1-9(13-15-5-6-20-13)16-21(17,18)8-10-3-2-4-11(7-10)12(14)19/h2-7,9,16H,8H2,1H3,(H2,14,19). The number of benzene rings is 1. The number of nitrogens with zero attached hydrogens (tertiary/aromatic N) is 1. The molecule has 0 aliphatic heterocycles. The third kappa shape index (κ3) is 4.57. The number of thiazole rings is 1. The van der Waals surface area contributed by atoms with Gasteiger partial charge in [-0.15, -0.1) is 11.3 Å². The monoisotopic (exact) mass is 341 g/mol. The molecule has 2 rings (SSSR count). The van der Waals surface area contributed by atoms with E-state index in [2.05, 4.69) is 9.71 Å². The second kappa shape index (κ2) is 6.61. The number of sulfonamides is 1. The van der Waals surface area contributed by atoms with Crippen LogP contribution in [0.15, 0.2) is 35.8 Å². The van der Waals surface area contributed by atoms with Gasteiger partial charge < -0.3 is 5.73 Å². The second-order valence-corrected chi connectivity index (χ2v) is 7.65. The van der Waals surface area contributed by atoms with Gasteiger partial charge in [0, 0.05) is 17.1 Å². The van der Waals surface area contributed by atoms with E-state index in [1.807, 2.05) is 5.38 Å². The van der Waals surface area contributed by atoms with E-state index in [0.717, 1.165) is 5.01 Å². The molecule has 0 saturated carbocycles. The van der Waals surface area contributed by atoms with Gasteiger partial charge in [0.25, 0.3) is 0 Å². The zero-order valence-electron chi connectivity index (χ0n) is 11.3. The average Bonchev–Trinajstić information content (AvgIpc) is 2.91. The van der Waals surface area contributed by atoms with Crippen molar-refractivity contribution in [1.82, 2.24) is 9.71 Å². The Kier molecular flexibility index (Phi) is 5.04. The van der Waals surface area contributed by atoms with Crippen LogP contribution in [-0.4, -0.2) is 18.4 Å². The number of hydrogen-bond donors (Lipinski definition) is 2. The van der Waals surface area contributed by atoms with Crippen LogP contribution in [0.3, 0.4) is 0 Å². The lowest BCUT2D eigenvalue weighted by Gasteiger charge is -2.12. The van der Waals surface area contributed by atoms with Crippen molar-refractivity contribution in [2.45, 2.75) is 18.7 Å². The summed E-state index contributed by atoms with van der Waals surface area (Å²) in [6.45, 7) is 1.77. The first-order chi connectivity index (χ1) is 9.87. The quantitative estimate of drug-likeness (QED) is 0.785. The Morgan fingerprint density at radius 2 is 2.29 bits per heavy atom. The predicted molar refractivity (Wildman–Crippen MR) is 88.6 cm³/mol. The van der Waals surface area contributed by atoms with Crippen LogP contribution in [0.4, 0.5) is 0 Å². The van der Waals surface area contributed by atoms with Gasteiger partial charge in [-0.1, -0.05) is 30.4 Å². The number of nitrogens with two attached hydrogens (primary N) is 1. The number of hydrogen-bond acceptors (Lipinski definition) is 5. The molecule has 5 nitrogen and oxygen atoms in total. The van der Waals surface area contributed by atoms with Gasteiger partial charge in [0.1, 0.15) is 10.00 Å². The van der Waals surface area contributed by atoms with Gasteiger partial charge in [-0.2, -0.15) is 0 Å².